The fourth-order valence-electron chi connectivity index (χ4n) is 3.24. The number of urea groups is 1. The lowest BCUT2D eigenvalue weighted by molar-refractivity contribution is 0.164. The van der Waals surface area contributed by atoms with Gasteiger partial charge in [0, 0.05) is 38.8 Å². The molecule has 1 aromatic carbocycles. The highest BCUT2D eigenvalue weighted by molar-refractivity contribution is 7.89. The number of hydrogen-bond donors (Lipinski definition) is 1. The van der Waals surface area contributed by atoms with Gasteiger partial charge in [0.1, 0.15) is 10.7 Å². The number of rotatable bonds is 6. The minimum absolute atomic E-state index is 0.144. The zero-order valence-electron chi connectivity index (χ0n) is 16.4. The first-order chi connectivity index (χ1) is 12.6. The molecule has 0 unspecified atom stereocenters. The predicted molar refractivity (Wildman–Crippen MR) is 102 cm³/mol. The van der Waals surface area contributed by atoms with Crippen molar-refractivity contribution in [2.75, 3.05) is 46.8 Å². The van der Waals surface area contributed by atoms with Crippen molar-refractivity contribution in [3.8, 4) is 0 Å². The van der Waals surface area contributed by atoms with Crippen molar-refractivity contribution in [3.63, 3.8) is 0 Å². The molecule has 1 heterocycles. The molecule has 0 aromatic heterocycles. The minimum atomic E-state index is -3.90. The number of piperazine rings is 1. The van der Waals surface area contributed by atoms with Crippen molar-refractivity contribution in [1.29, 1.82) is 0 Å². The Morgan fingerprint density at radius 3 is 2.30 bits per heavy atom. The molecule has 0 spiro atoms. The van der Waals surface area contributed by atoms with Crippen LogP contribution in [0.3, 0.4) is 0 Å². The third-order valence-electron chi connectivity index (χ3n) is 4.88. The lowest BCUT2D eigenvalue weighted by Crippen LogP contribution is -2.54. The zero-order valence-corrected chi connectivity index (χ0v) is 17.2. The van der Waals surface area contributed by atoms with Crippen LogP contribution in [0.5, 0.6) is 0 Å². The van der Waals surface area contributed by atoms with E-state index in [-0.39, 0.29) is 43.1 Å². The summed E-state index contributed by atoms with van der Waals surface area (Å²) in [5.41, 5.74) is 0. The van der Waals surface area contributed by atoms with Crippen LogP contribution < -0.4 is 5.32 Å². The van der Waals surface area contributed by atoms with Crippen molar-refractivity contribution >= 4 is 16.1 Å². The third kappa shape index (κ3) is 5.18. The minimum Gasteiger partial charge on any atom is -0.336 e. The van der Waals surface area contributed by atoms with Crippen LogP contribution in [0.15, 0.2) is 29.2 Å². The first-order valence-corrected chi connectivity index (χ1v) is 10.5. The number of nitrogens with zero attached hydrogens (tertiary/aromatic N) is 3. The van der Waals surface area contributed by atoms with Crippen LogP contribution in [0.2, 0.25) is 0 Å². The summed E-state index contributed by atoms with van der Waals surface area (Å²) >= 11 is 0. The zero-order chi connectivity index (χ0) is 20.2. The standard InChI is InChI=1S/C18H29FN4O3S/c1-14(2)16(21(3)4)13-20-18(24)22-9-11-23(12-10-22)27(25,26)17-8-6-5-7-15(17)19/h5-8,14,16H,9-13H2,1-4H3,(H,20,24)/t16-/m1/s1. The number of hydrogen-bond acceptors (Lipinski definition) is 4. The fourth-order valence-corrected chi connectivity index (χ4v) is 4.73. The van der Waals surface area contributed by atoms with Crippen LogP contribution in [0.25, 0.3) is 0 Å². The lowest BCUT2D eigenvalue weighted by Gasteiger charge is -2.35. The second-order valence-electron chi connectivity index (χ2n) is 7.28. The van der Waals surface area contributed by atoms with E-state index in [9.17, 15) is 17.6 Å². The molecule has 1 aliphatic heterocycles. The average molecular weight is 401 g/mol. The smallest absolute Gasteiger partial charge is 0.317 e. The van der Waals surface area contributed by atoms with E-state index in [4.69, 9.17) is 0 Å². The van der Waals surface area contributed by atoms with E-state index in [0.29, 0.717) is 12.5 Å². The monoisotopic (exact) mass is 400 g/mol. The van der Waals surface area contributed by atoms with Crippen LogP contribution in [0.4, 0.5) is 9.18 Å². The quantitative estimate of drug-likeness (QED) is 0.784. The fraction of sp³-hybridized carbons (Fsp3) is 0.611. The van der Waals surface area contributed by atoms with Crippen LogP contribution in [0.1, 0.15) is 13.8 Å². The normalized spacial score (nSPS) is 17.4. The molecule has 0 saturated carbocycles. The molecule has 1 aromatic rings. The van der Waals surface area contributed by atoms with Crippen molar-refractivity contribution in [3.05, 3.63) is 30.1 Å². The van der Waals surface area contributed by atoms with Crippen LogP contribution >= 0.6 is 0 Å². The Hall–Kier alpha value is -1.71. The number of likely N-dealkylation sites (N-methyl/N-ethyl adjacent to an activating group) is 1. The topological polar surface area (TPSA) is 73.0 Å². The summed E-state index contributed by atoms with van der Waals surface area (Å²) in [6, 6.07) is 5.36. The van der Waals surface area contributed by atoms with Gasteiger partial charge in [-0.15, -0.1) is 0 Å². The number of carbonyl (C=O) groups is 1. The van der Waals surface area contributed by atoms with Gasteiger partial charge in [-0.3, -0.25) is 0 Å². The maximum Gasteiger partial charge on any atom is 0.317 e. The summed E-state index contributed by atoms with van der Waals surface area (Å²) in [7, 11) is 0.0540. The predicted octanol–water partition coefficient (Wildman–Crippen LogP) is 1.43. The van der Waals surface area contributed by atoms with Gasteiger partial charge in [-0.1, -0.05) is 26.0 Å². The Kier molecular flexibility index (Phi) is 7.19. The van der Waals surface area contributed by atoms with Crippen molar-refractivity contribution in [2.24, 2.45) is 5.92 Å². The van der Waals surface area contributed by atoms with Crippen LogP contribution in [-0.2, 0) is 10.0 Å². The summed E-state index contributed by atoms with van der Waals surface area (Å²) in [5, 5.41) is 2.93. The highest BCUT2D eigenvalue weighted by Gasteiger charge is 2.32. The summed E-state index contributed by atoms with van der Waals surface area (Å²) in [6.45, 7) is 5.56. The van der Waals surface area contributed by atoms with Gasteiger partial charge in [0.05, 0.1) is 0 Å². The first-order valence-electron chi connectivity index (χ1n) is 9.08. The van der Waals surface area contributed by atoms with E-state index >= 15 is 0 Å². The van der Waals surface area contributed by atoms with Gasteiger partial charge in [-0.05, 0) is 32.1 Å². The SMILES string of the molecule is CC(C)[C@@H](CNC(=O)N1CCN(S(=O)(=O)c2ccccc2F)CC1)N(C)C. The molecule has 2 amide bonds. The Labute approximate surface area is 161 Å². The van der Waals surface area contributed by atoms with E-state index in [1.807, 2.05) is 14.1 Å². The summed E-state index contributed by atoms with van der Waals surface area (Å²) in [5.74, 6) is -0.371. The number of benzene rings is 1. The molecule has 1 aliphatic rings. The van der Waals surface area contributed by atoms with Crippen molar-refractivity contribution < 1.29 is 17.6 Å². The maximum absolute atomic E-state index is 13.9. The molecule has 0 radical (unpaired) electrons. The molecule has 1 atom stereocenters. The van der Waals surface area contributed by atoms with Gasteiger partial charge in [0.15, 0.2) is 0 Å². The first kappa shape index (κ1) is 21.6. The maximum atomic E-state index is 13.9. The van der Waals surface area contributed by atoms with Gasteiger partial charge < -0.3 is 15.1 Å². The number of amides is 2. The Morgan fingerprint density at radius 2 is 1.78 bits per heavy atom. The number of nitrogens with one attached hydrogen (secondary N) is 1. The van der Waals surface area contributed by atoms with Gasteiger partial charge in [0.2, 0.25) is 10.0 Å². The Balaban J connectivity index is 1.93. The highest BCUT2D eigenvalue weighted by Crippen LogP contribution is 2.20. The number of sulfonamides is 1. The summed E-state index contributed by atoms with van der Waals surface area (Å²) in [6.07, 6.45) is 0. The molecule has 7 nitrogen and oxygen atoms in total. The van der Waals surface area contributed by atoms with Crippen LogP contribution in [-0.4, -0.2) is 81.4 Å². The Morgan fingerprint density at radius 1 is 1.19 bits per heavy atom. The second-order valence-corrected chi connectivity index (χ2v) is 9.19. The second kappa shape index (κ2) is 8.99. The molecule has 2 rings (SSSR count). The van der Waals surface area contributed by atoms with Gasteiger partial charge in [0.25, 0.3) is 0 Å². The van der Waals surface area contributed by atoms with Gasteiger partial charge in [-0.25, -0.2) is 17.6 Å². The molecular weight excluding hydrogens is 371 g/mol. The largest absolute Gasteiger partial charge is 0.336 e. The van der Waals surface area contributed by atoms with Gasteiger partial charge >= 0.3 is 6.03 Å². The molecule has 0 aliphatic carbocycles. The number of carbonyl (C=O) groups excluding carboxylic acids is 1. The lowest BCUT2D eigenvalue weighted by atomic mass is 10.0. The van der Waals surface area contributed by atoms with Crippen molar-refractivity contribution in [1.82, 2.24) is 19.4 Å². The van der Waals surface area contributed by atoms with E-state index in [1.54, 1.807) is 4.90 Å². The molecule has 0 bridgehead atoms. The molecule has 1 N–H and O–H groups in total. The summed E-state index contributed by atoms with van der Waals surface area (Å²) in [4.78, 5) is 15.7. The third-order valence-corrected chi connectivity index (χ3v) is 6.81. The van der Waals surface area contributed by atoms with E-state index < -0.39 is 15.8 Å². The molecule has 1 fully saturated rings. The average Bonchev–Trinajstić information content (AvgIpc) is 2.61. The number of halogens is 1. The molecule has 152 valence electrons. The van der Waals surface area contributed by atoms with Crippen LogP contribution in [0, 0.1) is 11.7 Å². The Bertz CT molecular complexity index is 739. The van der Waals surface area contributed by atoms with Crippen molar-refractivity contribution in [2.45, 2.75) is 24.8 Å². The molecular formula is C18H29FN4O3S. The summed E-state index contributed by atoms with van der Waals surface area (Å²) < 4.78 is 40.3. The van der Waals surface area contributed by atoms with E-state index in [1.165, 1.54) is 22.5 Å². The molecule has 27 heavy (non-hydrogen) atoms. The molecule has 1 saturated heterocycles. The highest BCUT2D eigenvalue weighted by atomic mass is 32.2. The van der Waals surface area contributed by atoms with E-state index in [2.05, 4.69) is 24.1 Å². The van der Waals surface area contributed by atoms with Gasteiger partial charge in [-0.2, -0.15) is 4.31 Å². The van der Waals surface area contributed by atoms with E-state index in [0.717, 1.165) is 6.07 Å². The molecule has 9 heteroatoms.